The molecule has 0 radical (unpaired) electrons. The van der Waals surface area contributed by atoms with Crippen LogP contribution in [0.5, 0.6) is 0 Å². The number of quaternary nitrogens is 1. The lowest BCUT2D eigenvalue weighted by molar-refractivity contribution is -0.916. The number of likely N-dealkylation sites (N-methyl/N-ethyl adjacent to an activating group) is 1. The Morgan fingerprint density at radius 3 is 2.33 bits per heavy atom. The van der Waals surface area contributed by atoms with Crippen LogP contribution in [-0.2, 0) is 13.0 Å². The van der Waals surface area contributed by atoms with Crippen molar-refractivity contribution < 1.29 is 9.28 Å². The summed E-state index contributed by atoms with van der Waals surface area (Å²) in [6, 6.07) is 18.2. The second kappa shape index (κ2) is 6.54. The second-order valence-corrected chi connectivity index (χ2v) is 5.97. The van der Waals surface area contributed by atoms with E-state index in [1.54, 1.807) is 0 Å². The minimum absolute atomic E-state index is 0. The third-order valence-electron chi connectivity index (χ3n) is 4.21. The van der Waals surface area contributed by atoms with Crippen LogP contribution in [0.3, 0.4) is 0 Å². The molecular formula is C18H21BrNO+. The Morgan fingerprint density at radius 2 is 1.62 bits per heavy atom. The highest BCUT2D eigenvalue weighted by Gasteiger charge is 2.30. The molecule has 0 bridgehead atoms. The average Bonchev–Trinajstić information content (AvgIpc) is 2.47. The predicted molar refractivity (Wildman–Crippen MR) is 90.9 cm³/mol. The number of rotatable bonds is 3. The number of carbonyl (C=O) groups excluding carboxylic acids is 1. The Morgan fingerprint density at radius 1 is 1.00 bits per heavy atom. The summed E-state index contributed by atoms with van der Waals surface area (Å²) in [5.41, 5.74) is 3.66. The fourth-order valence-corrected chi connectivity index (χ4v) is 3.03. The fourth-order valence-electron chi connectivity index (χ4n) is 3.03. The van der Waals surface area contributed by atoms with E-state index in [4.69, 9.17) is 0 Å². The van der Waals surface area contributed by atoms with Gasteiger partial charge in [-0.3, -0.25) is 4.79 Å². The minimum Gasteiger partial charge on any atom is -0.316 e. The number of benzene rings is 2. The van der Waals surface area contributed by atoms with Gasteiger partial charge in [0.25, 0.3) is 0 Å². The lowest BCUT2D eigenvalue weighted by atomic mass is 9.97. The molecule has 0 saturated carbocycles. The van der Waals surface area contributed by atoms with Crippen molar-refractivity contribution in [1.82, 2.24) is 0 Å². The van der Waals surface area contributed by atoms with Crippen LogP contribution in [0.2, 0.25) is 0 Å². The molecule has 0 fully saturated rings. The summed E-state index contributed by atoms with van der Waals surface area (Å²) in [6.45, 7) is 2.57. The molecule has 21 heavy (non-hydrogen) atoms. The van der Waals surface area contributed by atoms with Crippen LogP contribution < -0.4 is 0 Å². The van der Waals surface area contributed by atoms with Crippen LogP contribution in [0, 0.1) is 0 Å². The van der Waals surface area contributed by atoms with Gasteiger partial charge in [0.15, 0.2) is 0 Å². The first kappa shape index (κ1) is 15.9. The lowest BCUT2D eigenvalue weighted by Gasteiger charge is -2.38. The van der Waals surface area contributed by atoms with Gasteiger partial charge in [-0.05, 0) is 5.56 Å². The third kappa shape index (κ3) is 3.60. The van der Waals surface area contributed by atoms with Gasteiger partial charge in [0.05, 0.1) is 13.6 Å². The zero-order valence-electron chi connectivity index (χ0n) is 12.3. The Labute approximate surface area is 136 Å². The summed E-state index contributed by atoms with van der Waals surface area (Å²) in [4.78, 5) is 12.4. The molecule has 0 saturated heterocycles. The van der Waals surface area contributed by atoms with E-state index in [1.165, 1.54) is 11.1 Å². The first-order valence-corrected chi connectivity index (χ1v) is 7.15. The number of halogens is 1. The Balaban J connectivity index is 0.00000161. The van der Waals surface area contributed by atoms with Gasteiger partial charge in [0.2, 0.25) is 5.78 Å². The normalized spacial score (nSPS) is 20.2. The zero-order chi connectivity index (χ0) is 14.0. The van der Waals surface area contributed by atoms with Gasteiger partial charge in [-0.1, -0.05) is 54.6 Å². The Hall–Kier alpha value is -1.45. The highest BCUT2D eigenvalue weighted by Crippen LogP contribution is 2.23. The van der Waals surface area contributed by atoms with Gasteiger partial charge >= 0.3 is 0 Å². The molecule has 2 aromatic carbocycles. The predicted octanol–water partition coefficient (Wildman–Crippen LogP) is 3.65. The smallest absolute Gasteiger partial charge is 0.216 e. The largest absolute Gasteiger partial charge is 0.316 e. The van der Waals surface area contributed by atoms with Gasteiger partial charge in [0, 0.05) is 17.5 Å². The van der Waals surface area contributed by atoms with Crippen molar-refractivity contribution in [3.8, 4) is 0 Å². The highest BCUT2D eigenvalue weighted by atomic mass is 79.9. The number of hydrogen-bond donors (Lipinski definition) is 0. The van der Waals surface area contributed by atoms with Gasteiger partial charge in [-0.2, -0.15) is 0 Å². The van der Waals surface area contributed by atoms with Crippen LogP contribution in [0.15, 0.2) is 54.6 Å². The molecule has 0 spiro atoms. The van der Waals surface area contributed by atoms with Crippen molar-refractivity contribution in [3.05, 3.63) is 71.3 Å². The van der Waals surface area contributed by atoms with Crippen LogP contribution >= 0.6 is 17.0 Å². The molecule has 0 aliphatic carbocycles. The van der Waals surface area contributed by atoms with E-state index in [2.05, 4.69) is 31.3 Å². The summed E-state index contributed by atoms with van der Waals surface area (Å²) < 4.78 is 0.810. The molecule has 0 amide bonds. The van der Waals surface area contributed by atoms with Crippen molar-refractivity contribution in [2.45, 2.75) is 13.0 Å². The van der Waals surface area contributed by atoms with Crippen molar-refractivity contribution in [2.75, 3.05) is 20.1 Å². The van der Waals surface area contributed by atoms with E-state index >= 15 is 0 Å². The van der Waals surface area contributed by atoms with Crippen molar-refractivity contribution in [2.24, 2.45) is 0 Å². The molecular weight excluding hydrogens is 326 g/mol. The number of hydrogen-bond acceptors (Lipinski definition) is 1. The molecule has 3 heteroatoms. The molecule has 2 aromatic rings. The summed E-state index contributed by atoms with van der Waals surface area (Å²) in [6.07, 6.45) is 1.06. The third-order valence-corrected chi connectivity index (χ3v) is 4.21. The van der Waals surface area contributed by atoms with E-state index in [0.29, 0.717) is 6.54 Å². The molecule has 0 N–H and O–H groups in total. The molecule has 1 heterocycles. The van der Waals surface area contributed by atoms with E-state index < -0.39 is 0 Å². The fraction of sp³-hybridized carbons (Fsp3) is 0.278. The molecule has 3 rings (SSSR count). The van der Waals surface area contributed by atoms with Crippen molar-refractivity contribution in [3.63, 3.8) is 0 Å². The quantitative estimate of drug-likeness (QED) is 0.612. The van der Waals surface area contributed by atoms with Crippen LogP contribution in [-0.4, -0.2) is 30.4 Å². The minimum atomic E-state index is 0. The number of fused-ring (bicyclic) bond motifs is 1. The van der Waals surface area contributed by atoms with Crippen LogP contribution in [0.1, 0.15) is 21.5 Å². The molecule has 1 atom stereocenters. The van der Waals surface area contributed by atoms with Crippen LogP contribution in [0.4, 0.5) is 0 Å². The summed E-state index contributed by atoms with van der Waals surface area (Å²) in [5, 5.41) is 0. The first-order valence-electron chi connectivity index (χ1n) is 7.15. The summed E-state index contributed by atoms with van der Waals surface area (Å²) in [5.74, 6) is 0.243. The lowest BCUT2D eigenvalue weighted by Crippen LogP contribution is -2.50. The van der Waals surface area contributed by atoms with E-state index in [1.807, 2.05) is 30.3 Å². The van der Waals surface area contributed by atoms with E-state index in [-0.39, 0.29) is 22.8 Å². The maximum Gasteiger partial charge on any atom is 0.216 e. The Bertz CT molecular complexity index is 626. The molecule has 1 aliphatic rings. The molecule has 0 aromatic heterocycles. The van der Waals surface area contributed by atoms with Gasteiger partial charge in [-0.15, -0.1) is 17.0 Å². The highest BCUT2D eigenvalue weighted by molar-refractivity contribution is 8.93. The average molecular weight is 347 g/mol. The van der Waals surface area contributed by atoms with E-state index in [0.717, 1.165) is 29.6 Å². The topological polar surface area (TPSA) is 17.1 Å². The number of carbonyl (C=O) groups is 1. The molecule has 2 nitrogen and oxygen atoms in total. The SMILES string of the molecule is Br.C[N+]1(CC(=O)c2ccccc2)CCc2ccccc2C1. The van der Waals surface area contributed by atoms with Gasteiger partial charge in [-0.25, -0.2) is 0 Å². The number of ketones is 1. The van der Waals surface area contributed by atoms with E-state index in [9.17, 15) is 4.79 Å². The zero-order valence-corrected chi connectivity index (χ0v) is 14.0. The first-order chi connectivity index (χ1) is 9.66. The Kier molecular flexibility index (Phi) is 4.96. The standard InChI is InChI=1S/C18H20NO.BrH/c1-19(14-18(20)16-8-3-2-4-9-16)12-11-15-7-5-6-10-17(15)13-19;/h2-10H,11-14H2,1H3;1H/q+1;. The molecule has 1 aliphatic heterocycles. The van der Waals surface area contributed by atoms with Gasteiger partial charge < -0.3 is 4.48 Å². The number of nitrogens with zero attached hydrogens (tertiary/aromatic N) is 1. The van der Waals surface area contributed by atoms with Gasteiger partial charge in [0.1, 0.15) is 13.1 Å². The second-order valence-electron chi connectivity index (χ2n) is 5.97. The maximum absolute atomic E-state index is 12.4. The van der Waals surface area contributed by atoms with Crippen LogP contribution in [0.25, 0.3) is 0 Å². The summed E-state index contributed by atoms with van der Waals surface area (Å²) >= 11 is 0. The van der Waals surface area contributed by atoms with Crippen molar-refractivity contribution in [1.29, 1.82) is 0 Å². The molecule has 110 valence electrons. The van der Waals surface area contributed by atoms with Crippen molar-refractivity contribution >= 4 is 22.8 Å². The monoisotopic (exact) mass is 346 g/mol. The molecule has 1 unspecified atom stereocenters. The number of Topliss-reactive ketones (excluding diaryl/α,β-unsaturated/α-hetero) is 1. The maximum atomic E-state index is 12.4. The summed E-state index contributed by atoms with van der Waals surface area (Å²) in [7, 11) is 2.19.